The number of halogens is 2. The van der Waals surface area contributed by atoms with E-state index in [0.29, 0.717) is 11.8 Å². The second-order valence-corrected chi connectivity index (χ2v) is 7.76. The topological polar surface area (TPSA) is 73.7 Å². The van der Waals surface area contributed by atoms with Crippen LogP contribution >= 0.6 is 0 Å². The van der Waals surface area contributed by atoms with Gasteiger partial charge in [0.05, 0.1) is 18.2 Å². The molecule has 3 aromatic rings. The van der Waals surface area contributed by atoms with Crippen LogP contribution in [0.1, 0.15) is 27.7 Å². The first kappa shape index (κ1) is 22.2. The van der Waals surface area contributed by atoms with E-state index in [2.05, 4.69) is 4.98 Å². The number of aromatic nitrogens is 2. The SMILES string of the molecule is CCN(C(=O)OC(C)(C)C)c1nc2c(OC)cccc2c(=O)n1-c1cc(F)cc(F)c1. The molecule has 1 heterocycles. The van der Waals surface area contributed by atoms with Crippen molar-refractivity contribution in [3.8, 4) is 11.4 Å². The van der Waals surface area contributed by atoms with E-state index in [0.717, 1.165) is 21.6 Å². The first-order chi connectivity index (χ1) is 14.6. The smallest absolute Gasteiger partial charge is 0.417 e. The summed E-state index contributed by atoms with van der Waals surface area (Å²) in [6.45, 7) is 6.85. The van der Waals surface area contributed by atoms with Crippen molar-refractivity contribution in [1.82, 2.24) is 9.55 Å². The van der Waals surface area contributed by atoms with Gasteiger partial charge in [0.1, 0.15) is 28.5 Å². The number of para-hydroxylation sites is 1. The van der Waals surface area contributed by atoms with Crippen LogP contribution in [0.15, 0.2) is 41.2 Å². The number of fused-ring (bicyclic) bond motifs is 1. The molecule has 0 atom stereocenters. The van der Waals surface area contributed by atoms with E-state index in [1.54, 1.807) is 39.8 Å². The maximum Gasteiger partial charge on any atom is 0.417 e. The molecule has 7 nitrogen and oxygen atoms in total. The Hall–Kier alpha value is -3.49. The van der Waals surface area contributed by atoms with Crippen molar-refractivity contribution in [2.24, 2.45) is 0 Å². The van der Waals surface area contributed by atoms with Crippen molar-refractivity contribution < 1.29 is 23.0 Å². The maximum absolute atomic E-state index is 14.0. The summed E-state index contributed by atoms with van der Waals surface area (Å²) in [6, 6.07) is 7.42. The van der Waals surface area contributed by atoms with Crippen LogP contribution in [0.4, 0.5) is 19.5 Å². The number of benzene rings is 2. The van der Waals surface area contributed by atoms with E-state index < -0.39 is 28.9 Å². The Bertz CT molecular complexity index is 1180. The van der Waals surface area contributed by atoms with E-state index >= 15 is 0 Å². The fourth-order valence-corrected chi connectivity index (χ4v) is 3.09. The lowest BCUT2D eigenvalue weighted by Gasteiger charge is -2.27. The largest absolute Gasteiger partial charge is 0.494 e. The molecule has 0 bridgehead atoms. The Labute approximate surface area is 177 Å². The van der Waals surface area contributed by atoms with E-state index in [-0.39, 0.29) is 29.1 Å². The maximum atomic E-state index is 14.0. The molecule has 164 valence electrons. The molecule has 1 amide bonds. The number of anilines is 1. The highest BCUT2D eigenvalue weighted by atomic mass is 19.1. The van der Waals surface area contributed by atoms with Gasteiger partial charge in [-0.15, -0.1) is 0 Å². The lowest BCUT2D eigenvalue weighted by Crippen LogP contribution is -2.40. The van der Waals surface area contributed by atoms with Crippen LogP contribution < -0.4 is 15.2 Å². The Morgan fingerprint density at radius 1 is 1.16 bits per heavy atom. The molecule has 0 fully saturated rings. The van der Waals surface area contributed by atoms with Crippen LogP contribution in [0.2, 0.25) is 0 Å². The van der Waals surface area contributed by atoms with Gasteiger partial charge in [0.15, 0.2) is 0 Å². The highest BCUT2D eigenvalue weighted by Crippen LogP contribution is 2.27. The van der Waals surface area contributed by atoms with Gasteiger partial charge in [0.2, 0.25) is 5.95 Å². The molecule has 3 rings (SSSR count). The molecule has 9 heteroatoms. The second kappa shape index (κ2) is 8.33. The fourth-order valence-electron chi connectivity index (χ4n) is 3.09. The minimum absolute atomic E-state index is 0.0831. The number of rotatable bonds is 4. The summed E-state index contributed by atoms with van der Waals surface area (Å²) in [4.78, 5) is 31.9. The average Bonchev–Trinajstić information content (AvgIpc) is 2.66. The van der Waals surface area contributed by atoms with Crippen molar-refractivity contribution in [2.45, 2.75) is 33.3 Å². The van der Waals surface area contributed by atoms with Gasteiger partial charge >= 0.3 is 6.09 Å². The van der Waals surface area contributed by atoms with Crippen molar-refractivity contribution in [3.63, 3.8) is 0 Å². The first-order valence-corrected chi connectivity index (χ1v) is 9.62. The van der Waals surface area contributed by atoms with Gasteiger partial charge in [0.25, 0.3) is 5.56 Å². The molecule has 2 aromatic carbocycles. The van der Waals surface area contributed by atoms with Crippen LogP contribution in [-0.2, 0) is 4.74 Å². The monoisotopic (exact) mass is 431 g/mol. The normalized spacial score (nSPS) is 11.5. The minimum Gasteiger partial charge on any atom is -0.494 e. The predicted molar refractivity (Wildman–Crippen MR) is 113 cm³/mol. The number of amides is 1. The summed E-state index contributed by atoms with van der Waals surface area (Å²) in [7, 11) is 1.43. The van der Waals surface area contributed by atoms with Crippen LogP contribution in [0, 0.1) is 11.6 Å². The molecule has 0 spiro atoms. The van der Waals surface area contributed by atoms with E-state index in [4.69, 9.17) is 9.47 Å². The van der Waals surface area contributed by atoms with Crippen molar-refractivity contribution >= 4 is 22.9 Å². The Morgan fingerprint density at radius 2 is 1.81 bits per heavy atom. The third-order valence-electron chi connectivity index (χ3n) is 4.34. The molecular formula is C22H23F2N3O4. The molecule has 0 aliphatic heterocycles. The molecule has 0 saturated carbocycles. The van der Waals surface area contributed by atoms with Gasteiger partial charge in [-0.25, -0.2) is 28.0 Å². The number of ether oxygens (including phenoxy) is 2. The highest BCUT2D eigenvalue weighted by molar-refractivity contribution is 5.90. The number of carbonyl (C=O) groups is 1. The predicted octanol–water partition coefficient (Wildman–Crippen LogP) is 4.43. The van der Waals surface area contributed by atoms with Gasteiger partial charge in [-0.05, 0) is 52.0 Å². The van der Waals surface area contributed by atoms with Crippen molar-refractivity contribution in [3.05, 3.63) is 58.4 Å². The second-order valence-electron chi connectivity index (χ2n) is 7.76. The van der Waals surface area contributed by atoms with Gasteiger partial charge < -0.3 is 9.47 Å². The molecular weight excluding hydrogens is 408 g/mol. The molecule has 0 saturated heterocycles. The summed E-state index contributed by atoms with van der Waals surface area (Å²) < 4.78 is 39.7. The third-order valence-corrected chi connectivity index (χ3v) is 4.34. The van der Waals surface area contributed by atoms with Gasteiger partial charge in [-0.3, -0.25) is 4.79 Å². The zero-order valence-electron chi connectivity index (χ0n) is 17.9. The van der Waals surface area contributed by atoms with Crippen molar-refractivity contribution in [1.29, 1.82) is 0 Å². The Morgan fingerprint density at radius 3 is 2.35 bits per heavy atom. The number of carbonyl (C=O) groups excluding carboxylic acids is 1. The number of hydrogen-bond acceptors (Lipinski definition) is 5. The van der Waals surface area contributed by atoms with Gasteiger partial charge in [-0.2, -0.15) is 0 Å². The average molecular weight is 431 g/mol. The first-order valence-electron chi connectivity index (χ1n) is 9.62. The zero-order valence-corrected chi connectivity index (χ0v) is 17.9. The van der Waals surface area contributed by atoms with E-state index in [1.807, 2.05) is 0 Å². The molecule has 0 N–H and O–H groups in total. The number of methoxy groups -OCH3 is 1. The zero-order chi connectivity index (χ0) is 22.9. The lowest BCUT2D eigenvalue weighted by molar-refractivity contribution is 0.0579. The summed E-state index contributed by atoms with van der Waals surface area (Å²) in [5.74, 6) is -1.59. The summed E-state index contributed by atoms with van der Waals surface area (Å²) in [5.41, 5.74) is -1.34. The number of hydrogen-bond donors (Lipinski definition) is 0. The standard InChI is InChI=1S/C22H23F2N3O4/c1-6-26(21(29)31-22(2,3)4)20-25-18-16(8-7-9-17(18)30-5)19(28)27(20)15-11-13(23)10-14(24)12-15/h7-12H,6H2,1-5H3. The van der Waals surface area contributed by atoms with Gasteiger partial charge in [-0.1, -0.05) is 6.07 Å². The Kier molecular flexibility index (Phi) is 5.97. The van der Waals surface area contributed by atoms with Crippen LogP contribution in [0.3, 0.4) is 0 Å². The highest BCUT2D eigenvalue weighted by Gasteiger charge is 2.28. The fraction of sp³-hybridized carbons (Fsp3) is 0.318. The Balaban J connectivity index is 2.38. The molecule has 0 aliphatic carbocycles. The summed E-state index contributed by atoms with van der Waals surface area (Å²) in [5, 5.41) is 0.160. The third kappa shape index (κ3) is 4.50. The molecule has 31 heavy (non-hydrogen) atoms. The minimum atomic E-state index is -0.876. The molecule has 0 aliphatic rings. The lowest BCUT2D eigenvalue weighted by atomic mass is 10.2. The molecule has 0 radical (unpaired) electrons. The van der Waals surface area contributed by atoms with E-state index in [9.17, 15) is 18.4 Å². The van der Waals surface area contributed by atoms with Crippen LogP contribution in [0.5, 0.6) is 5.75 Å². The van der Waals surface area contributed by atoms with Crippen LogP contribution in [0.25, 0.3) is 16.6 Å². The quantitative estimate of drug-likeness (QED) is 0.611. The summed E-state index contributed by atoms with van der Waals surface area (Å²) >= 11 is 0. The molecule has 1 aromatic heterocycles. The number of nitrogens with zero attached hydrogens (tertiary/aromatic N) is 3. The van der Waals surface area contributed by atoms with Crippen molar-refractivity contribution in [2.75, 3.05) is 18.6 Å². The van der Waals surface area contributed by atoms with Gasteiger partial charge in [0, 0.05) is 12.6 Å². The van der Waals surface area contributed by atoms with Crippen LogP contribution in [-0.4, -0.2) is 34.9 Å². The van der Waals surface area contributed by atoms with E-state index in [1.165, 1.54) is 13.2 Å². The summed E-state index contributed by atoms with van der Waals surface area (Å²) in [6.07, 6.45) is -0.762. The molecule has 0 unspecified atom stereocenters.